The van der Waals surface area contributed by atoms with Crippen molar-refractivity contribution in [2.24, 2.45) is 11.8 Å². The second-order valence-electron chi connectivity index (χ2n) is 8.03. The molecule has 0 heterocycles. The van der Waals surface area contributed by atoms with Crippen LogP contribution in [-0.2, 0) is 9.59 Å². The van der Waals surface area contributed by atoms with E-state index in [1.165, 1.54) is 0 Å². The number of rotatable bonds is 9. The van der Waals surface area contributed by atoms with Crippen LogP contribution < -0.4 is 10.6 Å². The van der Waals surface area contributed by atoms with Crippen LogP contribution in [0.4, 0.5) is 0 Å². The molecule has 2 rings (SSSR count). The lowest BCUT2D eigenvalue weighted by atomic mass is 9.89. The summed E-state index contributed by atoms with van der Waals surface area (Å²) in [5.74, 6) is -1.01. The van der Waals surface area contributed by atoms with E-state index in [0.717, 1.165) is 11.1 Å². The Bertz CT molecular complexity index is 736. The van der Waals surface area contributed by atoms with Crippen molar-refractivity contribution >= 4 is 11.8 Å². The third-order valence-electron chi connectivity index (χ3n) is 5.10. The molecule has 2 amide bonds. The van der Waals surface area contributed by atoms with Gasteiger partial charge in [0.05, 0.1) is 18.6 Å². The largest absolute Gasteiger partial charge is 0.394 e. The van der Waals surface area contributed by atoms with Crippen LogP contribution in [0.15, 0.2) is 60.7 Å². The summed E-state index contributed by atoms with van der Waals surface area (Å²) in [6.45, 7) is 7.52. The fraction of sp³-hybridized carbons (Fsp3) is 0.417. The molecular formula is C24H32N2O3. The molecule has 0 fully saturated rings. The van der Waals surface area contributed by atoms with E-state index >= 15 is 0 Å². The molecule has 0 aliphatic rings. The minimum atomic E-state index is -0.690. The summed E-state index contributed by atoms with van der Waals surface area (Å²) in [5, 5.41) is 15.3. The van der Waals surface area contributed by atoms with E-state index < -0.39 is 12.0 Å². The van der Waals surface area contributed by atoms with Crippen molar-refractivity contribution in [1.82, 2.24) is 10.6 Å². The molecule has 0 aliphatic carbocycles. The van der Waals surface area contributed by atoms with Gasteiger partial charge in [-0.15, -0.1) is 0 Å². The number of aliphatic hydroxyl groups is 1. The van der Waals surface area contributed by atoms with Crippen LogP contribution in [-0.4, -0.2) is 35.6 Å². The monoisotopic (exact) mass is 396 g/mol. The van der Waals surface area contributed by atoms with Gasteiger partial charge in [0, 0.05) is 0 Å². The van der Waals surface area contributed by atoms with Crippen LogP contribution in [0.3, 0.4) is 0 Å². The zero-order chi connectivity index (χ0) is 21.4. The molecule has 2 aromatic rings. The average molecular weight is 397 g/mol. The first-order valence-corrected chi connectivity index (χ1v) is 10.2. The minimum Gasteiger partial charge on any atom is -0.394 e. The summed E-state index contributed by atoms with van der Waals surface area (Å²) in [6.07, 6.45) is 0. The van der Waals surface area contributed by atoms with Crippen molar-refractivity contribution in [3.8, 4) is 0 Å². The molecule has 0 bridgehead atoms. The molecule has 0 unspecified atom stereocenters. The van der Waals surface area contributed by atoms with Crippen LogP contribution in [0, 0.1) is 11.8 Å². The van der Waals surface area contributed by atoms with Gasteiger partial charge >= 0.3 is 0 Å². The maximum absolute atomic E-state index is 13.3. The SMILES string of the molecule is CC(C)[C@@H](CO)NC(=O)[C@H](NC(=O)C(c1ccccc1)c1ccccc1)C(C)C. The van der Waals surface area contributed by atoms with E-state index in [1.54, 1.807) is 0 Å². The van der Waals surface area contributed by atoms with Gasteiger partial charge in [0.25, 0.3) is 0 Å². The van der Waals surface area contributed by atoms with Gasteiger partial charge in [-0.3, -0.25) is 9.59 Å². The molecule has 0 saturated heterocycles. The van der Waals surface area contributed by atoms with Gasteiger partial charge in [0.2, 0.25) is 11.8 Å². The lowest BCUT2D eigenvalue weighted by molar-refractivity contribution is -0.131. The fourth-order valence-electron chi connectivity index (χ4n) is 3.25. The third kappa shape index (κ3) is 6.16. The maximum Gasteiger partial charge on any atom is 0.243 e. The topological polar surface area (TPSA) is 78.4 Å². The van der Waals surface area contributed by atoms with E-state index in [0.29, 0.717) is 0 Å². The van der Waals surface area contributed by atoms with E-state index in [9.17, 15) is 14.7 Å². The highest BCUT2D eigenvalue weighted by Crippen LogP contribution is 2.25. The Kier molecular flexibility index (Phi) is 8.40. The molecule has 5 nitrogen and oxygen atoms in total. The average Bonchev–Trinajstić information content (AvgIpc) is 2.71. The van der Waals surface area contributed by atoms with Gasteiger partial charge in [-0.25, -0.2) is 0 Å². The fourth-order valence-corrected chi connectivity index (χ4v) is 3.25. The van der Waals surface area contributed by atoms with Gasteiger partial charge in [0.1, 0.15) is 6.04 Å². The second-order valence-corrected chi connectivity index (χ2v) is 8.03. The van der Waals surface area contributed by atoms with Gasteiger partial charge < -0.3 is 15.7 Å². The van der Waals surface area contributed by atoms with Gasteiger partial charge in [-0.1, -0.05) is 88.4 Å². The van der Waals surface area contributed by atoms with Crippen molar-refractivity contribution in [2.45, 2.75) is 45.7 Å². The Hall–Kier alpha value is -2.66. The lowest BCUT2D eigenvalue weighted by Crippen LogP contribution is -2.54. The quantitative estimate of drug-likeness (QED) is 0.609. The number of hydrogen-bond acceptors (Lipinski definition) is 3. The molecule has 3 N–H and O–H groups in total. The summed E-state index contributed by atoms with van der Waals surface area (Å²) >= 11 is 0. The number of benzene rings is 2. The van der Waals surface area contributed by atoms with Crippen LogP contribution in [0.2, 0.25) is 0 Å². The van der Waals surface area contributed by atoms with Crippen molar-refractivity contribution < 1.29 is 14.7 Å². The van der Waals surface area contributed by atoms with Crippen LogP contribution in [0.5, 0.6) is 0 Å². The molecule has 0 radical (unpaired) electrons. The molecule has 0 spiro atoms. The summed E-state index contributed by atoms with van der Waals surface area (Å²) in [4.78, 5) is 26.2. The number of amides is 2. The smallest absolute Gasteiger partial charge is 0.243 e. The summed E-state index contributed by atoms with van der Waals surface area (Å²) < 4.78 is 0. The molecule has 0 aliphatic heterocycles. The Morgan fingerprint density at radius 3 is 1.62 bits per heavy atom. The minimum absolute atomic E-state index is 0.0915. The van der Waals surface area contributed by atoms with Crippen molar-refractivity contribution in [3.63, 3.8) is 0 Å². The van der Waals surface area contributed by atoms with Gasteiger partial charge in [-0.2, -0.15) is 0 Å². The molecule has 2 aromatic carbocycles. The predicted octanol–water partition coefficient (Wildman–Crippen LogP) is 3.09. The summed E-state index contributed by atoms with van der Waals surface area (Å²) in [6, 6.07) is 18.1. The van der Waals surface area contributed by atoms with Crippen molar-refractivity contribution in [3.05, 3.63) is 71.8 Å². The molecule has 0 saturated carbocycles. The number of hydrogen-bond donors (Lipinski definition) is 3. The highest BCUT2D eigenvalue weighted by atomic mass is 16.3. The number of carbonyl (C=O) groups is 2. The molecule has 156 valence electrons. The van der Waals surface area contributed by atoms with Crippen LogP contribution in [0.25, 0.3) is 0 Å². The van der Waals surface area contributed by atoms with E-state index in [1.807, 2.05) is 88.4 Å². The van der Waals surface area contributed by atoms with E-state index in [4.69, 9.17) is 0 Å². The second kappa shape index (κ2) is 10.8. The zero-order valence-electron chi connectivity index (χ0n) is 17.6. The molecule has 5 heteroatoms. The summed E-state index contributed by atoms with van der Waals surface area (Å²) in [7, 11) is 0. The highest BCUT2D eigenvalue weighted by molar-refractivity contribution is 5.92. The van der Waals surface area contributed by atoms with Gasteiger partial charge in [0.15, 0.2) is 0 Å². The van der Waals surface area contributed by atoms with Crippen LogP contribution in [0.1, 0.15) is 44.7 Å². The normalized spacial score (nSPS) is 13.4. The van der Waals surface area contributed by atoms with Crippen LogP contribution >= 0.6 is 0 Å². The molecular weight excluding hydrogens is 364 g/mol. The Morgan fingerprint density at radius 2 is 1.24 bits per heavy atom. The van der Waals surface area contributed by atoms with Crippen molar-refractivity contribution in [2.75, 3.05) is 6.61 Å². The molecule has 2 atom stereocenters. The van der Waals surface area contributed by atoms with Crippen molar-refractivity contribution in [1.29, 1.82) is 0 Å². The number of aliphatic hydroxyl groups excluding tert-OH is 1. The predicted molar refractivity (Wildman–Crippen MR) is 115 cm³/mol. The first-order valence-electron chi connectivity index (χ1n) is 10.2. The Labute approximate surface area is 173 Å². The Morgan fingerprint density at radius 1 is 0.759 bits per heavy atom. The lowest BCUT2D eigenvalue weighted by Gasteiger charge is -2.28. The zero-order valence-corrected chi connectivity index (χ0v) is 17.6. The molecule has 0 aromatic heterocycles. The Balaban J connectivity index is 2.26. The third-order valence-corrected chi connectivity index (χ3v) is 5.10. The highest BCUT2D eigenvalue weighted by Gasteiger charge is 2.30. The van der Waals surface area contributed by atoms with E-state index in [2.05, 4.69) is 10.6 Å². The molecule has 29 heavy (non-hydrogen) atoms. The van der Waals surface area contributed by atoms with Gasteiger partial charge in [-0.05, 0) is 23.0 Å². The number of carbonyl (C=O) groups excluding carboxylic acids is 2. The first kappa shape index (κ1) is 22.6. The summed E-state index contributed by atoms with van der Waals surface area (Å²) in [5.41, 5.74) is 1.74. The first-order chi connectivity index (χ1) is 13.8. The van der Waals surface area contributed by atoms with E-state index in [-0.39, 0.29) is 36.3 Å². The standard InChI is InChI=1S/C24H32N2O3/c1-16(2)20(15-27)25-24(29)22(17(3)4)26-23(28)21(18-11-7-5-8-12-18)19-13-9-6-10-14-19/h5-14,16-17,20-22,27H,15H2,1-4H3,(H,25,29)(H,26,28)/t20-,22-/m1/s1. The maximum atomic E-state index is 13.3. The number of nitrogens with one attached hydrogen (secondary N) is 2.